The fourth-order valence-electron chi connectivity index (χ4n) is 3.61. The summed E-state index contributed by atoms with van der Waals surface area (Å²) in [5.41, 5.74) is 0.856. The number of piperidine rings is 1. The van der Waals surface area contributed by atoms with Gasteiger partial charge in [0.25, 0.3) is 0 Å². The number of aryl methyl sites for hydroxylation is 1. The summed E-state index contributed by atoms with van der Waals surface area (Å²) in [5.74, 6) is 1.55. The highest BCUT2D eigenvalue weighted by Gasteiger charge is 2.26. The van der Waals surface area contributed by atoms with Crippen LogP contribution in [0.5, 0.6) is 0 Å². The summed E-state index contributed by atoms with van der Waals surface area (Å²) < 4.78 is 5.31. The molecule has 1 fully saturated rings. The standard InChI is InChI=1S/C20H22N4O2/c1-14-21-20(26-23-14)16-8-5-11-24(12-16)13-19(25)22-18-10-4-7-15-6-2-3-9-17(15)18/h2-4,6-7,9-10,16H,5,8,11-13H2,1H3,(H,22,25)/t16-/m0/s1. The van der Waals surface area contributed by atoms with Crippen LogP contribution in [-0.4, -0.2) is 40.6 Å². The molecular formula is C20H22N4O2. The van der Waals surface area contributed by atoms with Crippen LogP contribution in [0.25, 0.3) is 10.8 Å². The Hall–Kier alpha value is -2.73. The van der Waals surface area contributed by atoms with Gasteiger partial charge in [-0.25, -0.2) is 0 Å². The number of hydrogen-bond acceptors (Lipinski definition) is 5. The fraction of sp³-hybridized carbons (Fsp3) is 0.350. The van der Waals surface area contributed by atoms with E-state index in [-0.39, 0.29) is 11.8 Å². The molecule has 1 aliphatic rings. The van der Waals surface area contributed by atoms with Gasteiger partial charge in [-0.15, -0.1) is 0 Å². The van der Waals surface area contributed by atoms with E-state index >= 15 is 0 Å². The van der Waals surface area contributed by atoms with Gasteiger partial charge in [-0.2, -0.15) is 4.98 Å². The molecule has 0 saturated carbocycles. The van der Waals surface area contributed by atoms with Crippen molar-refractivity contribution < 1.29 is 9.32 Å². The SMILES string of the molecule is Cc1noc([C@H]2CCCN(CC(=O)Nc3cccc4ccccc34)C2)n1. The van der Waals surface area contributed by atoms with Gasteiger partial charge in [0.2, 0.25) is 11.8 Å². The summed E-state index contributed by atoms with van der Waals surface area (Å²) in [7, 11) is 0. The minimum atomic E-state index is 0.00344. The summed E-state index contributed by atoms with van der Waals surface area (Å²) in [6.07, 6.45) is 2.04. The van der Waals surface area contributed by atoms with E-state index in [4.69, 9.17) is 4.52 Å². The van der Waals surface area contributed by atoms with Crippen LogP contribution in [0.1, 0.15) is 30.5 Å². The number of carbonyl (C=O) groups excluding carboxylic acids is 1. The van der Waals surface area contributed by atoms with Gasteiger partial charge in [0, 0.05) is 17.6 Å². The number of amides is 1. The number of nitrogens with one attached hydrogen (secondary N) is 1. The summed E-state index contributed by atoms with van der Waals surface area (Å²) in [6.45, 7) is 3.87. The van der Waals surface area contributed by atoms with Crippen molar-refractivity contribution in [3.63, 3.8) is 0 Å². The van der Waals surface area contributed by atoms with Crippen molar-refractivity contribution in [2.45, 2.75) is 25.7 Å². The monoisotopic (exact) mass is 350 g/mol. The van der Waals surface area contributed by atoms with Crippen molar-refractivity contribution in [2.75, 3.05) is 25.0 Å². The summed E-state index contributed by atoms with van der Waals surface area (Å²) in [6, 6.07) is 14.0. The number of hydrogen-bond donors (Lipinski definition) is 1. The Morgan fingerprint density at radius 1 is 1.27 bits per heavy atom. The molecule has 3 aromatic rings. The zero-order valence-corrected chi connectivity index (χ0v) is 14.8. The Labute approximate surface area is 152 Å². The lowest BCUT2D eigenvalue weighted by atomic mass is 9.98. The van der Waals surface area contributed by atoms with Crippen molar-refractivity contribution in [1.29, 1.82) is 0 Å². The molecule has 0 radical (unpaired) electrons. The minimum absolute atomic E-state index is 0.00344. The van der Waals surface area contributed by atoms with Crippen LogP contribution in [0.15, 0.2) is 47.0 Å². The summed E-state index contributed by atoms with van der Waals surface area (Å²) >= 11 is 0. The van der Waals surface area contributed by atoms with Crippen molar-refractivity contribution in [3.05, 3.63) is 54.2 Å². The van der Waals surface area contributed by atoms with Crippen LogP contribution in [-0.2, 0) is 4.79 Å². The van der Waals surface area contributed by atoms with E-state index in [1.165, 1.54) is 0 Å². The van der Waals surface area contributed by atoms with Gasteiger partial charge in [-0.1, -0.05) is 41.6 Å². The number of carbonyl (C=O) groups is 1. The van der Waals surface area contributed by atoms with E-state index in [9.17, 15) is 4.79 Å². The lowest BCUT2D eigenvalue weighted by Crippen LogP contribution is -2.39. The quantitative estimate of drug-likeness (QED) is 0.781. The van der Waals surface area contributed by atoms with Gasteiger partial charge >= 0.3 is 0 Å². The maximum Gasteiger partial charge on any atom is 0.238 e. The molecule has 26 heavy (non-hydrogen) atoms. The Morgan fingerprint density at radius 3 is 2.96 bits per heavy atom. The molecule has 0 unspecified atom stereocenters. The average Bonchev–Trinajstić information content (AvgIpc) is 3.09. The molecule has 4 rings (SSSR count). The number of likely N-dealkylation sites (tertiary alicyclic amines) is 1. The molecule has 1 aromatic heterocycles. The van der Waals surface area contributed by atoms with Gasteiger partial charge < -0.3 is 9.84 Å². The molecule has 1 saturated heterocycles. The first-order valence-corrected chi connectivity index (χ1v) is 8.99. The van der Waals surface area contributed by atoms with Crippen LogP contribution < -0.4 is 5.32 Å². The van der Waals surface area contributed by atoms with Crippen LogP contribution >= 0.6 is 0 Å². The minimum Gasteiger partial charge on any atom is -0.339 e. The third kappa shape index (κ3) is 3.60. The lowest BCUT2D eigenvalue weighted by molar-refractivity contribution is -0.117. The molecule has 6 heteroatoms. The highest BCUT2D eigenvalue weighted by molar-refractivity contribution is 6.02. The molecule has 0 aliphatic carbocycles. The third-order valence-electron chi connectivity index (χ3n) is 4.83. The van der Waals surface area contributed by atoms with Crippen LogP contribution in [0, 0.1) is 6.92 Å². The van der Waals surface area contributed by atoms with E-state index < -0.39 is 0 Å². The largest absolute Gasteiger partial charge is 0.339 e. The van der Waals surface area contributed by atoms with E-state index in [2.05, 4.69) is 20.4 Å². The molecule has 2 aromatic carbocycles. The molecular weight excluding hydrogens is 328 g/mol. The van der Waals surface area contributed by atoms with Gasteiger partial charge in [-0.3, -0.25) is 9.69 Å². The van der Waals surface area contributed by atoms with E-state index in [1.807, 2.05) is 49.4 Å². The van der Waals surface area contributed by atoms with Gasteiger partial charge in [0.1, 0.15) is 0 Å². The molecule has 1 atom stereocenters. The van der Waals surface area contributed by atoms with E-state index in [0.29, 0.717) is 18.3 Å². The third-order valence-corrected chi connectivity index (χ3v) is 4.83. The molecule has 6 nitrogen and oxygen atoms in total. The van der Waals surface area contributed by atoms with Crippen molar-refractivity contribution >= 4 is 22.4 Å². The number of nitrogens with zero attached hydrogens (tertiary/aromatic N) is 3. The predicted molar refractivity (Wildman–Crippen MR) is 100 cm³/mol. The molecule has 2 heterocycles. The molecule has 0 bridgehead atoms. The Kier molecular flexibility index (Phi) is 4.67. The van der Waals surface area contributed by atoms with Crippen molar-refractivity contribution in [1.82, 2.24) is 15.0 Å². The van der Waals surface area contributed by atoms with Crippen molar-refractivity contribution in [3.8, 4) is 0 Å². The number of anilines is 1. The highest BCUT2D eigenvalue weighted by Crippen LogP contribution is 2.26. The molecule has 1 amide bonds. The zero-order valence-electron chi connectivity index (χ0n) is 14.8. The Balaban J connectivity index is 1.41. The van der Waals surface area contributed by atoms with Crippen LogP contribution in [0.2, 0.25) is 0 Å². The lowest BCUT2D eigenvalue weighted by Gasteiger charge is -2.30. The Bertz CT molecular complexity index is 916. The topological polar surface area (TPSA) is 71.3 Å². The van der Waals surface area contributed by atoms with E-state index in [0.717, 1.165) is 42.4 Å². The second-order valence-electron chi connectivity index (χ2n) is 6.83. The van der Waals surface area contributed by atoms with Crippen LogP contribution in [0.3, 0.4) is 0 Å². The second kappa shape index (κ2) is 7.25. The molecule has 1 aliphatic heterocycles. The van der Waals surface area contributed by atoms with Gasteiger partial charge in [0.05, 0.1) is 12.5 Å². The zero-order chi connectivity index (χ0) is 17.9. The summed E-state index contributed by atoms with van der Waals surface area (Å²) in [4.78, 5) is 19.1. The normalized spacial score (nSPS) is 18.1. The fourth-order valence-corrected chi connectivity index (χ4v) is 3.61. The second-order valence-corrected chi connectivity index (χ2v) is 6.83. The highest BCUT2D eigenvalue weighted by atomic mass is 16.5. The molecule has 134 valence electrons. The summed E-state index contributed by atoms with van der Waals surface area (Å²) in [5, 5.41) is 9.11. The number of benzene rings is 2. The van der Waals surface area contributed by atoms with Gasteiger partial charge in [-0.05, 0) is 37.8 Å². The number of aromatic nitrogens is 2. The molecule has 1 N–H and O–H groups in total. The van der Waals surface area contributed by atoms with Crippen molar-refractivity contribution in [2.24, 2.45) is 0 Å². The van der Waals surface area contributed by atoms with E-state index in [1.54, 1.807) is 0 Å². The smallest absolute Gasteiger partial charge is 0.238 e. The average molecular weight is 350 g/mol. The van der Waals surface area contributed by atoms with Crippen LogP contribution in [0.4, 0.5) is 5.69 Å². The maximum absolute atomic E-state index is 12.6. The molecule has 0 spiro atoms. The number of fused-ring (bicyclic) bond motifs is 1. The number of rotatable bonds is 4. The first kappa shape index (κ1) is 16.7. The first-order chi connectivity index (χ1) is 12.7. The van der Waals surface area contributed by atoms with Gasteiger partial charge in [0.15, 0.2) is 5.82 Å². The maximum atomic E-state index is 12.6. The first-order valence-electron chi connectivity index (χ1n) is 8.99. The Morgan fingerprint density at radius 2 is 2.12 bits per heavy atom. The predicted octanol–water partition coefficient (Wildman–Crippen LogP) is 3.35.